The second-order valence-electron chi connectivity index (χ2n) is 5.73. The van der Waals surface area contributed by atoms with E-state index in [0.717, 1.165) is 25.8 Å². The first-order chi connectivity index (χ1) is 9.94. The third-order valence-corrected chi connectivity index (χ3v) is 4.54. The molecule has 0 amide bonds. The lowest BCUT2D eigenvalue weighted by Gasteiger charge is -2.46. The molecule has 1 rings (SSSR count). The van der Waals surface area contributed by atoms with Crippen LogP contribution in [0.1, 0.15) is 51.6 Å². The topological polar surface area (TPSA) is 15.3 Å². The fourth-order valence-electron chi connectivity index (χ4n) is 3.18. The third kappa shape index (κ3) is 3.61. The standard InChI is InChI=1S/C17H28F2N2/c1-6-12-20-16(17(7-2,8-3)21(4)5)15-13(18)10-9-11-14(15)19/h9-11,16,20H,6-8,12H2,1-5H3. The average molecular weight is 298 g/mol. The smallest absolute Gasteiger partial charge is 0.130 e. The van der Waals surface area contributed by atoms with Crippen molar-refractivity contribution < 1.29 is 8.78 Å². The first kappa shape index (κ1) is 18.1. The molecule has 2 nitrogen and oxygen atoms in total. The molecule has 120 valence electrons. The summed E-state index contributed by atoms with van der Waals surface area (Å²) in [4.78, 5) is 2.09. The van der Waals surface area contributed by atoms with Crippen molar-refractivity contribution in [2.24, 2.45) is 0 Å². The number of hydrogen-bond donors (Lipinski definition) is 1. The van der Waals surface area contributed by atoms with Gasteiger partial charge in [-0.25, -0.2) is 8.78 Å². The highest BCUT2D eigenvalue weighted by atomic mass is 19.1. The van der Waals surface area contributed by atoms with Crippen molar-refractivity contribution in [1.82, 2.24) is 10.2 Å². The molecular weight excluding hydrogens is 270 g/mol. The van der Waals surface area contributed by atoms with Gasteiger partial charge in [-0.3, -0.25) is 0 Å². The van der Waals surface area contributed by atoms with Crippen LogP contribution in [0.3, 0.4) is 0 Å². The van der Waals surface area contributed by atoms with Gasteiger partial charge in [-0.05, 0) is 52.0 Å². The lowest BCUT2D eigenvalue weighted by Crippen LogP contribution is -2.53. The molecule has 0 saturated carbocycles. The van der Waals surface area contributed by atoms with Gasteiger partial charge in [0.05, 0.1) is 6.04 Å². The van der Waals surface area contributed by atoms with E-state index in [2.05, 4.69) is 31.0 Å². The van der Waals surface area contributed by atoms with Crippen LogP contribution in [0.2, 0.25) is 0 Å². The maximum Gasteiger partial charge on any atom is 0.130 e. The Hall–Kier alpha value is -1.00. The van der Waals surface area contributed by atoms with Crippen LogP contribution in [0.15, 0.2) is 18.2 Å². The molecule has 0 bridgehead atoms. The first-order valence-corrected chi connectivity index (χ1v) is 7.79. The Morgan fingerprint density at radius 2 is 1.62 bits per heavy atom. The van der Waals surface area contributed by atoms with Gasteiger partial charge in [0.25, 0.3) is 0 Å². The third-order valence-electron chi connectivity index (χ3n) is 4.54. The summed E-state index contributed by atoms with van der Waals surface area (Å²) >= 11 is 0. The van der Waals surface area contributed by atoms with E-state index in [1.807, 2.05) is 14.1 Å². The maximum absolute atomic E-state index is 14.3. The molecule has 0 saturated heterocycles. The Morgan fingerprint density at radius 3 is 2.00 bits per heavy atom. The Labute approximate surface area is 127 Å². The summed E-state index contributed by atoms with van der Waals surface area (Å²) in [6.45, 7) is 6.93. The molecular formula is C17H28F2N2. The SMILES string of the molecule is CCCNC(c1c(F)cccc1F)C(CC)(CC)N(C)C. The van der Waals surface area contributed by atoms with Gasteiger partial charge in [-0.15, -0.1) is 0 Å². The van der Waals surface area contributed by atoms with E-state index < -0.39 is 11.6 Å². The number of benzene rings is 1. The fourth-order valence-corrected chi connectivity index (χ4v) is 3.18. The number of halogens is 2. The van der Waals surface area contributed by atoms with Crippen LogP contribution >= 0.6 is 0 Å². The predicted octanol–water partition coefficient (Wildman–Crippen LogP) is 4.13. The van der Waals surface area contributed by atoms with Crippen LogP contribution in [-0.2, 0) is 0 Å². The zero-order chi connectivity index (χ0) is 16.0. The van der Waals surface area contributed by atoms with Crippen molar-refractivity contribution in [2.45, 2.75) is 51.6 Å². The van der Waals surface area contributed by atoms with E-state index >= 15 is 0 Å². The molecule has 21 heavy (non-hydrogen) atoms. The number of likely N-dealkylation sites (N-methyl/N-ethyl adjacent to an activating group) is 1. The van der Waals surface area contributed by atoms with Gasteiger partial charge in [0.1, 0.15) is 11.6 Å². The predicted molar refractivity (Wildman–Crippen MR) is 84.4 cm³/mol. The molecule has 0 aromatic heterocycles. The minimum Gasteiger partial charge on any atom is -0.308 e. The number of rotatable bonds is 8. The van der Waals surface area contributed by atoms with E-state index in [1.165, 1.54) is 18.2 Å². The lowest BCUT2D eigenvalue weighted by atomic mass is 9.79. The number of nitrogens with one attached hydrogen (secondary N) is 1. The van der Waals surface area contributed by atoms with Crippen molar-refractivity contribution in [1.29, 1.82) is 0 Å². The van der Waals surface area contributed by atoms with Gasteiger partial charge in [0.2, 0.25) is 0 Å². The van der Waals surface area contributed by atoms with Gasteiger partial charge in [0.15, 0.2) is 0 Å². The largest absolute Gasteiger partial charge is 0.308 e. The fraction of sp³-hybridized carbons (Fsp3) is 0.647. The van der Waals surface area contributed by atoms with Crippen molar-refractivity contribution in [3.05, 3.63) is 35.4 Å². The van der Waals surface area contributed by atoms with Gasteiger partial charge in [0, 0.05) is 11.1 Å². The van der Waals surface area contributed by atoms with Crippen molar-refractivity contribution in [2.75, 3.05) is 20.6 Å². The summed E-state index contributed by atoms with van der Waals surface area (Å²) < 4.78 is 28.6. The summed E-state index contributed by atoms with van der Waals surface area (Å²) in [6, 6.07) is 3.72. The summed E-state index contributed by atoms with van der Waals surface area (Å²) in [5.74, 6) is -0.951. The summed E-state index contributed by atoms with van der Waals surface area (Å²) in [6.07, 6.45) is 2.54. The van der Waals surface area contributed by atoms with E-state index in [1.54, 1.807) is 0 Å². The van der Waals surface area contributed by atoms with E-state index in [0.29, 0.717) is 0 Å². The van der Waals surface area contributed by atoms with E-state index in [4.69, 9.17) is 0 Å². The minimum absolute atomic E-state index is 0.156. The Kier molecular flexibility index (Phi) is 6.75. The number of hydrogen-bond acceptors (Lipinski definition) is 2. The molecule has 1 aromatic carbocycles. The van der Waals surface area contributed by atoms with Crippen LogP contribution in [0.5, 0.6) is 0 Å². The highest BCUT2D eigenvalue weighted by Crippen LogP contribution is 2.38. The molecule has 0 heterocycles. The molecule has 1 unspecified atom stereocenters. The molecule has 1 atom stereocenters. The van der Waals surface area contributed by atoms with Crippen LogP contribution in [0, 0.1) is 11.6 Å². The number of nitrogens with zero attached hydrogens (tertiary/aromatic N) is 1. The highest BCUT2D eigenvalue weighted by molar-refractivity contribution is 5.27. The van der Waals surface area contributed by atoms with Gasteiger partial charge in [-0.1, -0.05) is 26.8 Å². The Morgan fingerprint density at radius 1 is 1.10 bits per heavy atom. The molecule has 1 N–H and O–H groups in total. The zero-order valence-electron chi connectivity index (χ0n) is 13.8. The first-order valence-electron chi connectivity index (χ1n) is 7.79. The highest BCUT2D eigenvalue weighted by Gasteiger charge is 2.40. The molecule has 0 radical (unpaired) electrons. The van der Waals surface area contributed by atoms with Crippen molar-refractivity contribution in [3.8, 4) is 0 Å². The van der Waals surface area contributed by atoms with Crippen LogP contribution in [0.25, 0.3) is 0 Å². The normalized spacial score (nSPS) is 13.7. The molecule has 1 aromatic rings. The average Bonchev–Trinajstić information content (AvgIpc) is 2.45. The van der Waals surface area contributed by atoms with Gasteiger partial charge < -0.3 is 10.2 Å². The Balaban J connectivity index is 3.40. The summed E-state index contributed by atoms with van der Waals surface area (Å²) in [7, 11) is 3.96. The van der Waals surface area contributed by atoms with E-state index in [-0.39, 0.29) is 17.1 Å². The van der Waals surface area contributed by atoms with Crippen LogP contribution in [0.4, 0.5) is 8.78 Å². The summed E-state index contributed by atoms with van der Waals surface area (Å²) in [5.41, 5.74) is -0.165. The molecule has 0 aliphatic rings. The van der Waals surface area contributed by atoms with Gasteiger partial charge >= 0.3 is 0 Å². The summed E-state index contributed by atoms with van der Waals surface area (Å²) in [5, 5.41) is 3.37. The van der Waals surface area contributed by atoms with Crippen molar-refractivity contribution >= 4 is 0 Å². The second-order valence-corrected chi connectivity index (χ2v) is 5.73. The van der Waals surface area contributed by atoms with Crippen LogP contribution < -0.4 is 5.32 Å². The minimum atomic E-state index is -0.475. The molecule has 0 spiro atoms. The monoisotopic (exact) mass is 298 g/mol. The molecule has 0 fully saturated rings. The zero-order valence-corrected chi connectivity index (χ0v) is 13.8. The molecule has 0 aliphatic heterocycles. The van der Waals surface area contributed by atoms with Gasteiger partial charge in [-0.2, -0.15) is 0 Å². The Bertz CT molecular complexity index is 422. The molecule has 0 aliphatic carbocycles. The quantitative estimate of drug-likeness (QED) is 0.776. The molecule has 4 heteroatoms. The second kappa shape index (κ2) is 7.85. The van der Waals surface area contributed by atoms with E-state index in [9.17, 15) is 8.78 Å². The maximum atomic E-state index is 14.3. The van der Waals surface area contributed by atoms with Crippen molar-refractivity contribution in [3.63, 3.8) is 0 Å². The van der Waals surface area contributed by atoms with Crippen LogP contribution in [-0.4, -0.2) is 31.1 Å². The lowest BCUT2D eigenvalue weighted by molar-refractivity contribution is 0.0846.